The van der Waals surface area contributed by atoms with Gasteiger partial charge in [0, 0.05) is 12.3 Å². The normalized spacial score (nSPS) is 11.7. The van der Waals surface area contributed by atoms with Crippen LogP contribution in [-0.4, -0.2) is 23.0 Å². The van der Waals surface area contributed by atoms with Gasteiger partial charge >= 0.3 is 5.97 Å². The molecule has 0 aliphatic rings. The van der Waals surface area contributed by atoms with Crippen LogP contribution >= 0.6 is 0 Å². The van der Waals surface area contributed by atoms with Crippen molar-refractivity contribution >= 4 is 5.97 Å². The fourth-order valence-electron chi connectivity index (χ4n) is 1.89. The molecule has 0 unspecified atom stereocenters. The van der Waals surface area contributed by atoms with E-state index in [0.29, 0.717) is 23.0 Å². The van der Waals surface area contributed by atoms with Crippen molar-refractivity contribution in [3.8, 4) is 11.7 Å². The van der Waals surface area contributed by atoms with Crippen molar-refractivity contribution in [1.29, 1.82) is 0 Å². The van der Waals surface area contributed by atoms with E-state index in [9.17, 15) is 4.79 Å². The fraction of sp³-hybridized carbons (Fsp3) is 0.500. The first-order valence-electron chi connectivity index (χ1n) is 6.28. The lowest BCUT2D eigenvalue weighted by Crippen LogP contribution is -2.17. The van der Waals surface area contributed by atoms with Crippen LogP contribution in [0.25, 0.3) is 11.7 Å². The Labute approximate surface area is 117 Å². The average molecular weight is 278 g/mol. The van der Waals surface area contributed by atoms with Gasteiger partial charge in [-0.05, 0) is 6.92 Å². The van der Waals surface area contributed by atoms with Gasteiger partial charge in [0.1, 0.15) is 5.69 Å². The summed E-state index contributed by atoms with van der Waals surface area (Å²) in [7, 11) is 1.31. The third-order valence-corrected chi connectivity index (χ3v) is 2.81. The van der Waals surface area contributed by atoms with Crippen LogP contribution in [0.3, 0.4) is 0 Å². The first kappa shape index (κ1) is 14.3. The zero-order chi connectivity index (χ0) is 15.1. The number of oxazole rings is 2. The Morgan fingerprint density at radius 3 is 2.25 bits per heavy atom. The number of hydrogen-bond donors (Lipinski definition) is 0. The first-order chi connectivity index (χ1) is 9.24. The van der Waals surface area contributed by atoms with Crippen molar-refractivity contribution in [2.24, 2.45) is 0 Å². The van der Waals surface area contributed by atoms with Gasteiger partial charge in [-0.15, -0.1) is 0 Å². The number of methoxy groups -OCH3 is 1. The zero-order valence-corrected chi connectivity index (χ0v) is 12.5. The van der Waals surface area contributed by atoms with E-state index < -0.39 is 5.97 Å². The number of aryl methyl sites for hydroxylation is 2. The molecule has 2 heterocycles. The second-order valence-corrected chi connectivity index (χ2v) is 5.59. The minimum atomic E-state index is -0.553. The molecule has 0 aliphatic carbocycles. The van der Waals surface area contributed by atoms with Crippen LogP contribution in [0.2, 0.25) is 0 Å². The van der Waals surface area contributed by atoms with Gasteiger partial charge in [0.15, 0.2) is 5.89 Å². The SMILES string of the molecule is COC(=O)c1oc(-c2oc(C)nc2C)nc1C(C)(C)C. The van der Waals surface area contributed by atoms with Gasteiger partial charge in [-0.3, -0.25) is 0 Å². The summed E-state index contributed by atoms with van der Waals surface area (Å²) in [6, 6.07) is 0. The largest absolute Gasteiger partial charge is 0.463 e. The lowest BCUT2D eigenvalue weighted by Gasteiger charge is -2.15. The fourth-order valence-corrected chi connectivity index (χ4v) is 1.89. The highest BCUT2D eigenvalue weighted by atomic mass is 16.5. The summed E-state index contributed by atoms with van der Waals surface area (Å²) >= 11 is 0. The number of nitrogens with zero attached hydrogens (tertiary/aromatic N) is 2. The highest BCUT2D eigenvalue weighted by molar-refractivity contribution is 5.88. The third-order valence-electron chi connectivity index (χ3n) is 2.81. The van der Waals surface area contributed by atoms with Gasteiger partial charge in [-0.25, -0.2) is 14.8 Å². The van der Waals surface area contributed by atoms with Gasteiger partial charge in [0.2, 0.25) is 11.5 Å². The molecule has 2 aromatic rings. The standard InChI is InChI=1S/C14H18N2O4/c1-7-9(19-8(2)15-7)12-16-11(14(3,4)5)10(20-12)13(17)18-6/h1-6H3. The van der Waals surface area contributed by atoms with Crippen LogP contribution in [0, 0.1) is 13.8 Å². The molecule has 0 atom stereocenters. The summed E-state index contributed by atoms with van der Waals surface area (Å²) in [4.78, 5) is 20.4. The van der Waals surface area contributed by atoms with E-state index >= 15 is 0 Å². The molecule has 108 valence electrons. The minimum Gasteiger partial charge on any atom is -0.463 e. The predicted octanol–water partition coefficient (Wildman–Crippen LogP) is 3.03. The quantitative estimate of drug-likeness (QED) is 0.786. The summed E-state index contributed by atoms with van der Waals surface area (Å²) in [5, 5.41) is 0. The Bertz CT molecular complexity index is 647. The molecule has 0 saturated heterocycles. The average Bonchev–Trinajstić information content (AvgIpc) is 2.91. The van der Waals surface area contributed by atoms with Crippen molar-refractivity contribution in [2.45, 2.75) is 40.0 Å². The van der Waals surface area contributed by atoms with E-state index in [0.717, 1.165) is 0 Å². The lowest BCUT2D eigenvalue weighted by molar-refractivity contribution is 0.0562. The number of rotatable bonds is 2. The monoisotopic (exact) mass is 278 g/mol. The number of hydrogen-bond acceptors (Lipinski definition) is 6. The van der Waals surface area contributed by atoms with E-state index in [1.165, 1.54) is 7.11 Å². The molecule has 20 heavy (non-hydrogen) atoms. The molecule has 0 bridgehead atoms. The van der Waals surface area contributed by atoms with Crippen molar-refractivity contribution < 1.29 is 18.4 Å². The molecule has 6 heteroatoms. The molecule has 0 aromatic carbocycles. The molecule has 0 spiro atoms. The molecule has 2 aromatic heterocycles. The zero-order valence-electron chi connectivity index (χ0n) is 12.5. The van der Waals surface area contributed by atoms with Crippen LogP contribution < -0.4 is 0 Å². The van der Waals surface area contributed by atoms with Crippen LogP contribution in [0.1, 0.15) is 48.6 Å². The Kier molecular flexibility index (Phi) is 3.41. The number of carbonyl (C=O) groups excluding carboxylic acids is 1. The van der Waals surface area contributed by atoms with E-state index in [1.807, 2.05) is 20.8 Å². The van der Waals surface area contributed by atoms with E-state index in [1.54, 1.807) is 13.8 Å². The molecular weight excluding hydrogens is 260 g/mol. The second kappa shape index (κ2) is 4.77. The third kappa shape index (κ3) is 2.45. The maximum Gasteiger partial charge on any atom is 0.376 e. The summed E-state index contributed by atoms with van der Waals surface area (Å²) in [6.07, 6.45) is 0. The van der Waals surface area contributed by atoms with Gasteiger partial charge in [-0.2, -0.15) is 0 Å². The topological polar surface area (TPSA) is 78.4 Å². The number of carbonyl (C=O) groups is 1. The summed E-state index contributed by atoms with van der Waals surface area (Å²) in [6.45, 7) is 9.37. The maximum atomic E-state index is 11.8. The molecule has 0 radical (unpaired) electrons. The van der Waals surface area contributed by atoms with E-state index in [2.05, 4.69) is 9.97 Å². The molecular formula is C14H18N2O4. The summed E-state index contributed by atoms with van der Waals surface area (Å²) in [5.41, 5.74) is 0.849. The highest BCUT2D eigenvalue weighted by Gasteiger charge is 2.31. The molecule has 0 fully saturated rings. The van der Waals surface area contributed by atoms with Gasteiger partial charge in [-0.1, -0.05) is 20.8 Å². The lowest BCUT2D eigenvalue weighted by atomic mass is 9.91. The number of esters is 1. The van der Waals surface area contributed by atoms with E-state index in [-0.39, 0.29) is 17.1 Å². The van der Waals surface area contributed by atoms with Crippen molar-refractivity contribution in [3.05, 3.63) is 23.0 Å². The minimum absolute atomic E-state index is 0.100. The van der Waals surface area contributed by atoms with Crippen LogP contribution in [0.5, 0.6) is 0 Å². The Morgan fingerprint density at radius 1 is 1.15 bits per heavy atom. The number of ether oxygens (including phenoxy) is 1. The molecule has 0 saturated carbocycles. The van der Waals surface area contributed by atoms with Crippen LogP contribution in [0.15, 0.2) is 8.83 Å². The maximum absolute atomic E-state index is 11.8. The van der Waals surface area contributed by atoms with Gasteiger partial charge in [0.25, 0.3) is 5.89 Å². The predicted molar refractivity (Wildman–Crippen MR) is 71.5 cm³/mol. The second-order valence-electron chi connectivity index (χ2n) is 5.59. The van der Waals surface area contributed by atoms with Crippen molar-refractivity contribution in [1.82, 2.24) is 9.97 Å². The Hall–Kier alpha value is -2.11. The van der Waals surface area contributed by atoms with Crippen LogP contribution in [-0.2, 0) is 10.2 Å². The van der Waals surface area contributed by atoms with Gasteiger partial charge < -0.3 is 13.6 Å². The Balaban J connectivity index is 2.60. The highest BCUT2D eigenvalue weighted by Crippen LogP contribution is 2.32. The first-order valence-corrected chi connectivity index (χ1v) is 6.28. The molecule has 6 nitrogen and oxygen atoms in total. The Morgan fingerprint density at radius 2 is 1.80 bits per heavy atom. The smallest absolute Gasteiger partial charge is 0.376 e. The van der Waals surface area contributed by atoms with Gasteiger partial charge in [0.05, 0.1) is 12.8 Å². The van der Waals surface area contributed by atoms with Crippen molar-refractivity contribution in [2.75, 3.05) is 7.11 Å². The number of aromatic nitrogens is 2. The van der Waals surface area contributed by atoms with E-state index in [4.69, 9.17) is 13.6 Å². The molecule has 2 rings (SSSR count). The summed E-state index contributed by atoms with van der Waals surface area (Å²) in [5.74, 6) is 0.746. The summed E-state index contributed by atoms with van der Waals surface area (Å²) < 4.78 is 15.8. The molecule has 0 amide bonds. The molecule has 0 N–H and O–H groups in total. The van der Waals surface area contributed by atoms with Crippen molar-refractivity contribution in [3.63, 3.8) is 0 Å². The van der Waals surface area contributed by atoms with Crippen LogP contribution in [0.4, 0.5) is 0 Å². The molecule has 0 aliphatic heterocycles.